The van der Waals surface area contributed by atoms with E-state index in [0.717, 1.165) is 44.3 Å². The summed E-state index contributed by atoms with van der Waals surface area (Å²) >= 11 is 6.08. The van der Waals surface area contributed by atoms with Gasteiger partial charge in [0.1, 0.15) is 0 Å². The summed E-state index contributed by atoms with van der Waals surface area (Å²) in [6.45, 7) is 9.68. The van der Waals surface area contributed by atoms with Crippen LogP contribution in [0, 0.1) is 5.92 Å². The topological polar surface area (TPSA) is 58.1 Å². The lowest BCUT2D eigenvalue weighted by molar-refractivity contribution is -0.0284. The average Bonchev–Trinajstić information content (AvgIpc) is 2.64. The van der Waals surface area contributed by atoms with Gasteiger partial charge in [0.15, 0.2) is 5.96 Å². The first kappa shape index (κ1) is 22.0. The number of nitrogens with zero attached hydrogens (tertiary/aromatic N) is 2. The van der Waals surface area contributed by atoms with Crippen LogP contribution >= 0.6 is 11.6 Å². The molecular weight excluding hydrogens is 364 g/mol. The van der Waals surface area contributed by atoms with Gasteiger partial charge in [-0.25, -0.2) is 0 Å². The number of hydrogen-bond donors (Lipinski definition) is 2. The second-order valence-corrected chi connectivity index (χ2v) is 7.70. The van der Waals surface area contributed by atoms with Crippen LogP contribution in [0.4, 0.5) is 0 Å². The van der Waals surface area contributed by atoms with Crippen LogP contribution in [-0.2, 0) is 9.47 Å². The van der Waals surface area contributed by atoms with Crippen molar-refractivity contribution in [3.05, 3.63) is 34.9 Å². The summed E-state index contributed by atoms with van der Waals surface area (Å²) < 4.78 is 11.5. The Hall–Kier alpha value is -1.34. The van der Waals surface area contributed by atoms with E-state index < -0.39 is 0 Å². The predicted molar refractivity (Wildman–Crippen MR) is 112 cm³/mol. The third kappa shape index (κ3) is 7.66. The zero-order valence-corrected chi connectivity index (χ0v) is 17.6. The van der Waals surface area contributed by atoms with Crippen molar-refractivity contribution in [2.45, 2.75) is 26.1 Å². The summed E-state index contributed by atoms with van der Waals surface area (Å²) in [7, 11) is 3.46. The molecular formula is C20H33ClN4O2. The van der Waals surface area contributed by atoms with Gasteiger partial charge in [-0.15, -0.1) is 0 Å². The molecule has 0 aromatic heterocycles. The molecule has 1 fully saturated rings. The summed E-state index contributed by atoms with van der Waals surface area (Å²) in [5.74, 6) is 1.41. The molecule has 0 amide bonds. The van der Waals surface area contributed by atoms with Crippen LogP contribution in [-0.4, -0.2) is 70.5 Å². The first-order chi connectivity index (χ1) is 13.0. The molecule has 1 aromatic carbocycles. The number of halogens is 1. The molecule has 1 heterocycles. The molecule has 0 saturated carbocycles. The molecule has 6 nitrogen and oxygen atoms in total. The summed E-state index contributed by atoms with van der Waals surface area (Å²) in [4.78, 5) is 6.77. The van der Waals surface area contributed by atoms with Gasteiger partial charge in [0.25, 0.3) is 0 Å². The Bertz CT molecular complexity index is 597. The third-order valence-corrected chi connectivity index (χ3v) is 4.76. The highest BCUT2D eigenvalue weighted by Gasteiger charge is 2.21. The number of aliphatic imine (C=N–C) groups is 1. The Kier molecular flexibility index (Phi) is 9.34. The fourth-order valence-corrected chi connectivity index (χ4v) is 3.45. The van der Waals surface area contributed by atoms with E-state index in [1.54, 1.807) is 14.2 Å². The molecule has 2 atom stereocenters. The standard InChI is InChI=1S/C20H33ClN4O2/c1-15(2)13-25-8-9-27-18(14-25)11-23-20(22-3)24-12-19(26-4)16-6-5-7-17(21)10-16/h5-7,10,15,18-19H,8-9,11-14H2,1-4H3,(H2,22,23,24). The Labute approximate surface area is 168 Å². The minimum absolute atomic E-state index is 0.102. The van der Waals surface area contributed by atoms with Crippen LogP contribution in [0.3, 0.4) is 0 Å². The Morgan fingerprint density at radius 3 is 2.89 bits per heavy atom. The third-order valence-electron chi connectivity index (χ3n) is 4.53. The molecule has 7 heteroatoms. The zero-order valence-electron chi connectivity index (χ0n) is 16.9. The van der Waals surface area contributed by atoms with Gasteiger partial charge in [-0.05, 0) is 23.6 Å². The molecule has 0 bridgehead atoms. The van der Waals surface area contributed by atoms with Gasteiger partial charge < -0.3 is 20.1 Å². The van der Waals surface area contributed by atoms with E-state index in [1.807, 2.05) is 24.3 Å². The van der Waals surface area contributed by atoms with Gasteiger partial charge in [-0.2, -0.15) is 0 Å². The molecule has 1 aromatic rings. The van der Waals surface area contributed by atoms with Gasteiger partial charge in [0.05, 0.1) is 18.8 Å². The van der Waals surface area contributed by atoms with Crippen molar-refractivity contribution in [1.82, 2.24) is 15.5 Å². The van der Waals surface area contributed by atoms with Crippen molar-refractivity contribution in [1.29, 1.82) is 0 Å². The molecule has 2 rings (SSSR count). The maximum Gasteiger partial charge on any atom is 0.191 e. The summed E-state index contributed by atoms with van der Waals surface area (Å²) in [5.41, 5.74) is 1.04. The number of ether oxygens (including phenoxy) is 2. The SMILES string of the molecule is CN=C(NCC1CN(CC(C)C)CCO1)NCC(OC)c1cccc(Cl)c1. The van der Waals surface area contributed by atoms with Crippen LogP contribution < -0.4 is 10.6 Å². The highest BCUT2D eigenvalue weighted by Crippen LogP contribution is 2.19. The summed E-state index contributed by atoms with van der Waals surface area (Å²) in [5, 5.41) is 7.39. The summed E-state index contributed by atoms with van der Waals surface area (Å²) in [6, 6.07) is 7.72. The Balaban J connectivity index is 1.79. The molecule has 0 aliphatic carbocycles. The Morgan fingerprint density at radius 2 is 2.22 bits per heavy atom. The smallest absolute Gasteiger partial charge is 0.191 e. The lowest BCUT2D eigenvalue weighted by Gasteiger charge is -2.34. The molecule has 0 spiro atoms. The number of nitrogens with one attached hydrogen (secondary N) is 2. The molecule has 1 aliphatic heterocycles. The largest absolute Gasteiger partial charge is 0.375 e. The first-order valence-electron chi connectivity index (χ1n) is 9.58. The zero-order chi connectivity index (χ0) is 19.6. The van der Waals surface area contributed by atoms with Gasteiger partial charge in [-0.1, -0.05) is 37.6 Å². The van der Waals surface area contributed by atoms with E-state index in [0.29, 0.717) is 17.5 Å². The quantitative estimate of drug-likeness (QED) is 0.522. The van der Waals surface area contributed by atoms with Crippen molar-refractivity contribution in [3.8, 4) is 0 Å². The number of benzene rings is 1. The molecule has 2 N–H and O–H groups in total. The van der Waals surface area contributed by atoms with E-state index in [1.165, 1.54) is 0 Å². The lowest BCUT2D eigenvalue weighted by Crippen LogP contribution is -2.50. The van der Waals surface area contributed by atoms with Crippen molar-refractivity contribution >= 4 is 17.6 Å². The number of rotatable bonds is 8. The van der Waals surface area contributed by atoms with E-state index in [9.17, 15) is 0 Å². The van der Waals surface area contributed by atoms with E-state index >= 15 is 0 Å². The van der Waals surface area contributed by atoms with Crippen molar-refractivity contribution < 1.29 is 9.47 Å². The summed E-state index contributed by atoms with van der Waals surface area (Å²) in [6.07, 6.45) is 0.0666. The van der Waals surface area contributed by atoms with Crippen LogP contribution in [0.25, 0.3) is 0 Å². The lowest BCUT2D eigenvalue weighted by atomic mass is 10.1. The molecule has 0 radical (unpaired) electrons. The monoisotopic (exact) mass is 396 g/mol. The highest BCUT2D eigenvalue weighted by molar-refractivity contribution is 6.30. The second kappa shape index (κ2) is 11.5. The number of hydrogen-bond acceptors (Lipinski definition) is 4. The van der Waals surface area contributed by atoms with Gasteiger partial charge in [-0.3, -0.25) is 9.89 Å². The van der Waals surface area contributed by atoms with Gasteiger partial charge >= 0.3 is 0 Å². The highest BCUT2D eigenvalue weighted by atomic mass is 35.5. The van der Waals surface area contributed by atoms with Crippen LogP contribution in [0.5, 0.6) is 0 Å². The van der Waals surface area contributed by atoms with Crippen LogP contribution in [0.1, 0.15) is 25.5 Å². The van der Waals surface area contributed by atoms with Crippen molar-refractivity contribution in [2.75, 3.05) is 53.5 Å². The van der Waals surface area contributed by atoms with Gasteiger partial charge in [0, 0.05) is 51.9 Å². The maximum absolute atomic E-state index is 6.08. The van der Waals surface area contributed by atoms with E-state index in [2.05, 4.69) is 34.4 Å². The average molecular weight is 397 g/mol. The molecule has 2 unspecified atom stereocenters. The minimum atomic E-state index is -0.102. The molecule has 1 saturated heterocycles. The van der Waals surface area contributed by atoms with Crippen molar-refractivity contribution in [3.63, 3.8) is 0 Å². The van der Waals surface area contributed by atoms with Crippen molar-refractivity contribution in [2.24, 2.45) is 10.9 Å². The molecule has 152 valence electrons. The number of methoxy groups -OCH3 is 1. The van der Waals surface area contributed by atoms with Gasteiger partial charge in [0.2, 0.25) is 0 Å². The minimum Gasteiger partial charge on any atom is -0.375 e. The first-order valence-corrected chi connectivity index (χ1v) is 9.96. The molecule has 27 heavy (non-hydrogen) atoms. The molecule has 1 aliphatic rings. The van der Waals surface area contributed by atoms with Crippen LogP contribution in [0.2, 0.25) is 5.02 Å². The number of morpholine rings is 1. The fourth-order valence-electron chi connectivity index (χ4n) is 3.25. The Morgan fingerprint density at radius 1 is 1.41 bits per heavy atom. The van der Waals surface area contributed by atoms with E-state index in [-0.39, 0.29) is 12.2 Å². The van der Waals surface area contributed by atoms with E-state index in [4.69, 9.17) is 21.1 Å². The maximum atomic E-state index is 6.08. The van der Waals surface area contributed by atoms with Crippen LogP contribution in [0.15, 0.2) is 29.3 Å². The second-order valence-electron chi connectivity index (χ2n) is 7.26. The predicted octanol–water partition coefficient (Wildman–Crippen LogP) is 2.55. The number of guanidine groups is 1. The normalized spacial score (nSPS) is 19.9. The fraction of sp³-hybridized carbons (Fsp3) is 0.650.